The lowest BCUT2D eigenvalue weighted by Gasteiger charge is -2.34. The van der Waals surface area contributed by atoms with Gasteiger partial charge in [0.05, 0.1) is 11.2 Å². The molecule has 0 N–H and O–H groups in total. The second kappa shape index (κ2) is 8.17. The molecule has 5 rings (SSSR count). The molecule has 0 unspecified atom stereocenters. The van der Waals surface area contributed by atoms with E-state index in [9.17, 15) is 4.79 Å². The van der Waals surface area contributed by atoms with E-state index in [1.807, 2.05) is 33.7 Å². The number of hydrogen-bond donors (Lipinski definition) is 0. The Balaban J connectivity index is 1.45. The van der Waals surface area contributed by atoms with Crippen LogP contribution in [0.3, 0.4) is 0 Å². The van der Waals surface area contributed by atoms with Crippen molar-refractivity contribution in [3.63, 3.8) is 0 Å². The molecule has 0 spiro atoms. The lowest BCUT2D eigenvalue weighted by atomic mass is 10.1. The van der Waals surface area contributed by atoms with E-state index in [1.165, 1.54) is 0 Å². The van der Waals surface area contributed by atoms with E-state index in [1.54, 1.807) is 36.7 Å². The Morgan fingerprint density at radius 2 is 1.61 bits per heavy atom. The number of carbonyl (C=O) groups excluding carboxylic acids is 1. The molecule has 0 bridgehead atoms. The van der Waals surface area contributed by atoms with Crippen molar-refractivity contribution in [3.8, 4) is 11.3 Å². The zero-order valence-corrected chi connectivity index (χ0v) is 18.0. The van der Waals surface area contributed by atoms with Crippen molar-refractivity contribution in [1.29, 1.82) is 0 Å². The first-order valence-corrected chi connectivity index (χ1v) is 10.6. The third-order valence-electron chi connectivity index (χ3n) is 5.28. The van der Waals surface area contributed by atoms with Gasteiger partial charge in [-0.05, 0) is 36.4 Å². The molecule has 0 radical (unpaired) electrons. The van der Waals surface area contributed by atoms with Crippen LogP contribution in [0.15, 0.2) is 61.1 Å². The first-order chi connectivity index (χ1) is 15.1. The van der Waals surface area contributed by atoms with E-state index in [-0.39, 0.29) is 5.91 Å². The number of imidazole rings is 1. The third-order valence-corrected chi connectivity index (χ3v) is 5.71. The Bertz CT molecular complexity index is 1230. The van der Waals surface area contributed by atoms with Crippen LogP contribution < -0.4 is 4.90 Å². The standard InChI is InChI=1S/C22H18Cl2N6O/c23-16-12-15(13-17(24)14-16)19-18-4-1-2-7-30(18)20(27-19)21(31)28-8-10-29(11-9-28)22-25-5-3-6-26-22/h1-7,12-14H,8-11H2. The number of halogens is 2. The number of hydrogen-bond acceptors (Lipinski definition) is 5. The predicted molar refractivity (Wildman–Crippen MR) is 121 cm³/mol. The molecule has 1 fully saturated rings. The third kappa shape index (κ3) is 3.82. The van der Waals surface area contributed by atoms with Gasteiger partial charge >= 0.3 is 0 Å². The Morgan fingerprint density at radius 3 is 2.32 bits per heavy atom. The highest BCUT2D eigenvalue weighted by atomic mass is 35.5. The molecule has 156 valence electrons. The van der Waals surface area contributed by atoms with Crippen LogP contribution in [-0.2, 0) is 0 Å². The van der Waals surface area contributed by atoms with E-state index in [0.717, 1.165) is 11.1 Å². The molecule has 1 aliphatic rings. The molecular weight excluding hydrogens is 435 g/mol. The molecule has 4 aromatic rings. The van der Waals surface area contributed by atoms with Crippen LogP contribution in [0.5, 0.6) is 0 Å². The van der Waals surface area contributed by atoms with Gasteiger partial charge in [0.25, 0.3) is 5.91 Å². The van der Waals surface area contributed by atoms with Crippen LogP contribution in [0.4, 0.5) is 5.95 Å². The Morgan fingerprint density at radius 1 is 0.903 bits per heavy atom. The molecule has 4 heterocycles. The van der Waals surface area contributed by atoms with Gasteiger partial charge in [-0.3, -0.25) is 9.20 Å². The molecule has 3 aromatic heterocycles. The highest BCUT2D eigenvalue weighted by Crippen LogP contribution is 2.30. The number of fused-ring (bicyclic) bond motifs is 1. The van der Waals surface area contributed by atoms with Crippen LogP contribution >= 0.6 is 23.2 Å². The van der Waals surface area contributed by atoms with Gasteiger partial charge in [-0.2, -0.15) is 0 Å². The summed E-state index contributed by atoms with van der Waals surface area (Å²) in [5, 5.41) is 1.04. The smallest absolute Gasteiger partial charge is 0.290 e. The van der Waals surface area contributed by atoms with Gasteiger partial charge in [-0.25, -0.2) is 15.0 Å². The lowest BCUT2D eigenvalue weighted by Crippen LogP contribution is -2.49. The SMILES string of the molecule is O=C(c1nc(-c2cc(Cl)cc(Cl)c2)c2ccccn12)N1CCN(c2ncccn2)CC1. The van der Waals surface area contributed by atoms with E-state index in [2.05, 4.69) is 14.9 Å². The van der Waals surface area contributed by atoms with Gasteiger partial charge in [0.1, 0.15) is 0 Å². The molecule has 1 aromatic carbocycles. The van der Waals surface area contributed by atoms with Crippen LogP contribution in [-0.4, -0.2) is 56.3 Å². The van der Waals surface area contributed by atoms with Crippen molar-refractivity contribution in [2.45, 2.75) is 0 Å². The second-order valence-electron chi connectivity index (χ2n) is 7.23. The molecule has 9 heteroatoms. The van der Waals surface area contributed by atoms with Crippen LogP contribution in [0, 0.1) is 0 Å². The van der Waals surface area contributed by atoms with E-state index < -0.39 is 0 Å². The summed E-state index contributed by atoms with van der Waals surface area (Å²) in [6.45, 7) is 2.46. The van der Waals surface area contributed by atoms with Gasteiger partial charge in [-0.1, -0.05) is 29.3 Å². The largest absolute Gasteiger partial charge is 0.337 e. The van der Waals surface area contributed by atoms with Gasteiger partial charge < -0.3 is 9.80 Å². The fourth-order valence-corrected chi connectivity index (χ4v) is 4.32. The lowest BCUT2D eigenvalue weighted by molar-refractivity contribution is 0.0733. The number of benzene rings is 1. The topological polar surface area (TPSA) is 66.6 Å². The van der Waals surface area contributed by atoms with Crippen molar-refractivity contribution in [2.75, 3.05) is 31.1 Å². The fraction of sp³-hybridized carbons (Fsp3) is 0.182. The first kappa shape index (κ1) is 19.8. The number of carbonyl (C=O) groups is 1. The number of nitrogens with zero attached hydrogens (tertiary/aromatic N) is 6. The minimum atomic E-state index is -0.116. The zero-order valence-electron chi connectivity index (χ0n) is 16.4. The minimum Gasteiger partial charge on any atom is -0.337 e. The molecule has 1 saturated heterocycles. The van der Waals surface area contributed by atoms with Crippen LogP contribution in [0.25, 0.3) is 16.8 Å². The molecule has 0 aliphatic carbocycles. The monoisotopic (exact) mass is 452 g/mol. The molecule has 1 aliphatic heterocycles. The number of pyridine rings is 1. The number of rotatable bonds is 3. The molecule has 31 heavy (non-hydrogen) atoms. The maximum atomic E-state index is 13.4. The van der Waals surface area contributed by atoms with Gasteiger partial charge in [0.2, 0.25) is 11.8 Å². The zero-order chi connectivity index (χ0) is 21.4. The fourth-order valence-electron chi connectivity index (χ4n) is 3.80. The van der Waals surface area contributed by atoms with Crippen LogP contribution in [0.2, 0.25) is 10.0 Å². The van der Waals surface area contributed by atoms with E-state index in [4.69, 9.17) is 28.2 Å². The quantitative estimate of drug-likeness (QED) is 0.468. The number of piperazine rings is 1. The number of amides is 1. The maximum Gasteiger partial charge on any atom is 0.290 e. The molecule has 1 amide bonds. The highest BCUT2D eigenvalue weighted by molar-refractivity contribution is 6.35. The Kier molecular flexibility index (Phi) is 5.21. The summed E-state index contributed by atoms with van der Waals surface area (Å²) >= 11 is 12.4. The first-order valence-electron chi connectivity index (χ1n) is 9.85. The number of anilines is 1. The summed E-state index contributed by atoms with van der Waals surface area (Å²) in [5.74, 6) is 0.932. The number of aromatic nitrogens is 4. The summed E-state index contributed by atoms with van der Waals surface area (Å²) in [4.78, 5) is 30.6. The summed E-state index contributed by atoms with van der Waals surface area (Å²) in [6.07, 6.45) is 5.29. The van der Waals surface area contributed by atoms with Crippen molar-refractivity contribution < 1.29 is 4.79 Å². The van der Waals surface area contributed by atoms with Gasteiger partial charge in [0, 0.05) is 60.4 Å². The van der Waals surface area contributed by atoms with Gasteiger partial charge in [0.15, 0.2) is 0 Å². The Hall–Kier alpha value is -3.16. The van der Waals surface area contributed by atoms with Crippen LogP contribution in [0.1, 0.15) is 10.6 Å². The predicted octanol–water partition coefficient (Wildman–Crippen LogP) is 4.06. The van der Waals surface area contributed by atoms with Gasteiger partial charge in [-0.15, -0.1) is 0 Å². The van der Waals surface area contributed by atoms with Crippen molar-refractivity contribution in [2.24, 2.45) is 0 Å². The van der Waals surface area contributed by atoms with Crippen molar-refractivity contribution in [1.82, 2.24) is 24.3 Å². The average molecular weight is 453 g/mol. The van der Waals surface area contributed by atoms with Crippen molar-refractivity contribution >= 4 is 40.6 Å². The van der Waals surface area contributed by atoms with Crippen molar-refractivity contribution in [3.05, 3.63) is 76.9 Å². The average Bonchev–Trinajstić information content (AvgIpc) is 3.18. The summed E-state index contributed by atoms with van der Waals surface area (Å²) < 4.78 is 1.82. The Labute approximate surface area is 188 Å². The summed E-state index contributed by atoms with van der Waals surface area (Å²) in [7, 11) is 0. The molecule has 7 nitrogen and oxygen atoms in total. The van der Waals surface area contributed by atoms with E-state index >= 15 is 0 Å². The van der Waals surface area contributed by atoms with E-state index in [0.29, 0.717) is 53.7 Å². The molecule has 0 saturated carbocycles. The highest BCUT2D eigenvalue weighted by Gasteiger charge is 2.27. The molecule has 0 atom stereocenters. The summed E-state index contributed by atoms with van der Waals surface area (Å²) in [5.41, 5.74) is 2.26. The normalized spacial score (nSPS) is 14.3. The summed E-state index contributed by atoms with van der Waals surface area (Å²) in [6, 6.07) is 12.8. The molecular formula is C22H18Cl2N6O. The maximum absolute atomic E-state index is 13.4. The minimum absolute atomic E-state index is 0.116. The second-order valence-corrected chi connectivity index (χ2v) is 8.10.